The number of benzene rings is 2. The van der Waals surface area contributed by atoms with Crippen LogP contribution in [0.1, 0.15) is 18.2 Å². The van der Waals surface area contributed by atoms with E-state index in [2.05, 4.69) is 10.1 Å². The van der Waals surface area contributed by atoms with Gasteiger partial charge in [-0.15, -0.1) is 0 Å². The summed E-state index contributed by atoms with van der Waals surface area (Å²) in [5, 5.41) is 4.15. The highest BCUT2D eigenvalue weighted by Crippen LogP contribution is 2.35. The molecular formula is C22H24N4O4. The van der Waals surface area contributed by atoms with Gasteiger partial charge >= 0.3 is 0 Å². The molecule has 156 valence electrons. The molecule has 30 heavy (non-hydrogen) atoms. The predicted molar refractivity (Wildman–Crippen MR) is 113 cm³/mol. The van der Waals surface area contributed by atoms with E-state index in [0.717, 1.165) is 16.9 Å². The van der Waals surface area contributed by atoms with Gasteiger partial charge in [0.1, 0.15) is 11.5 Å². The van der Waals surface area contributed by atoms with Gasteiger partial charge in [-0.25, -0.2) is 0 Å². The van der Waals surface area contributed by atoms with Crippen LogP contribution in [-0.4, -0.2) is 50.9 Å². The Hall–Kier alpha value is -3.55. The maximum atomic E-state index is 12.7. The molecule has 4 rings (SSSR count). The number of anilines is 2. The summed E-state index contributed by atoms with van der Waals surface area (Å²) in [7, 11) is 7.12. The van der Waals surface area contributed by atoms with E-state index in [1.54, 1.807) is 25.2 Å². The highest BCUT2D eigenvalue weighted by Gasteiger charge is 2.35. The van der Waals surface area contributed by atoms with Crippen LogP contribution in [0.15, 0.2) is 47.0 Å². The number of hydrogen-bond acceptors (Lipinski definition) is 7. The largest absolute Gasteiger partial charge is 0.497 e. The van der Waals surface area contributed by atoms with Gasteiger partial charge in [0.25, 0.3) is 5.89 Å². The molecule has 8 heteroatoms. The second-order valence-corrected chi connectivity index (χ2v) is 7.38. The van der Waals surface area contributed by atoms with Gasteiger partial charge in [0.15, 0.2) is 5.82 Å². The van der Waals surface area contributed by atoms with E-state index in [1.165, 1.54) is 0 Å². The van der Waals surface area contributed by atoms with Crippen LogP contribution in [0.4, 0.5) is 11.4 Å². The number of amides is 1. The molecule has 2 aromatic carbocycles. The number of carbonyl (C=O) groups is 1. The second-order valence-electron chi connectivity index (χ2n) is 7.38. The summed E-state index contributed by atoms with van der Waals surface area (Å²) >= 11 is 0. The predicted octanol–water partition coefficient (Wildman–Crippen LogP) is 3.34. The Morgan fingerprint density at radius 1 is 1.10 bits per heavy atom. The first-order chi connectivity index (χ1) is 14.5. The van der Waals surface area contributed by atoms with Crippen LogP contribution in [0.5, 0.6) is 11.5 Å². The molecule has 1 amide bonds. The fraction of sp³-hybridized carbons (Fsp3) is 0.318. The molecule has 0 spiro atoms. The quantitative estimate of drug-likeness (QED) is 0.619. The molecule has 1 aliphatic heterocycles. The van der Waals surface area contributed by atoms with E-state index in [1.807, 2.05) is 55.4 Å². The van der Waals surface area contributed by atoms with E-state index < -0.39 is 0 Å². The van der Waals surface area contributed by atoms with Gasteiger partial charge in [0.2, 0.25) is 5.91 Å². The normalized spacial score (nSPS) is 16.1. The average Bonchev–Trinajstić information content (AvgIpc) is 3.40. The highest BCUT2D eigenvalue weighted by molar-refractivity contribution is 5.96. The molecule has 2 heterocycles. The summed E-state index contributed by atoms with van der Waals surface area (Å²) in [4.78, 5) is 21.0. The third kappa shape index (κ3) is 3.80. The monoisotopic (exact) mass is 408 g/mol. The second kappa shape index (κ2) is 8.06. The minimum atomic E-state index is -0.149. The first-order valence-electron chi connectivity index (χ1n) is 9.63. The number of rotatable bonds is 6. The van der Waals surface area contributed by atoms with E-state index in [9.17, 15) is 4.79 Å². The van der Waals surface area contributed by atoms with Gasteiger partial charge < -0.3 is 23.8 Å². The Kier molecular flexibility index (Phi) is 5.31. The molecule has 3 aromatic rings. The Labute approximate surface area is 175 Å². The van der Waals surface area contributed by atoms with Gasteiger partial charge in [-0.2, -0.15) is 4.98 Å². The van der Waals surface area contributed by atoms with Gasteiger partial charge in [0, 0.05) is 62.4 Å². The summed E-state index contributed by atoms with van der Waals surface area (Å²) in [5.41, 5.74) is 2.61. The lowest BCUT2D eigenvalue weighted by Crippen LogP contribution is -2.24. The van der Waals surface area contributed by atoms with Crippen LogP contribution in [0.25, 0.3) is 11.5 Å². The van der Waals surface area contributed by atoms with Crippen molar-refractivity contribution in [2.24, 2.45) is 0 Å². The smallest absolute Gasteiger partial charge is 0.258 e. The maximum absolute atomic E-state index is 12.7. The van der Waals surface area contributed by atoms with Crippen LogP contribution < -0.4 is 19.3 Å². The molecule has 1 unspecified atom stereocenters. The number of methoxy groups -OCH3 is 2. The minimum Gasteiger partial charge on any atom is -0.497 e. The lowest BCUT2D eigenvalue weighted by Gasteiger charge is -2.18. The van der Waals surface area contributed by atoms with Crippen LogP contribution in [0, 0.1) is 0 Å². The number of nitrogens with zero attached hydrogens (tertiary/aromatic N) is 4. The molecule has 0 bridgehead atoms. The molecule has 1 fully saturated rings. The third-order valence-corrected chi connectivity index (χ3v) is 5.19. The van der Waals surface area contributed by atoms with Gasteiger partial charge in [-0.1, -0.05) is 11.2 Å². The fourth-order valence-corrected chi connectivity index (χ4v) is 3.51. The maximum Gasteiger partial charge on any atom is 0.258 e. The summed E-state index contributed by atoms with van der Waals surface area (Å²) in [6.07, 6.45) is 0.316. The lowest BCUT2D eigenvalue weighted by atomic mass is 10.1. The van der Waals surface area contributed by atoms with Crippen molar-refractivity contribution in [2.75, 3.05) is 44.7 Å². The van der Waals surface area contributed by atoms with E-state index in [0.29, 0.717) is 36.2 Å². The van der Waals surface area contributed by atoms with Gasteiger partial charge in [-0.3, -0.25) is 4.79 Å². The van der Waals surface area contributed by atoms with E-state index in [4.69, 9.17) is 14.0 Å². The topological polar surface area (TPSA) is 80.9 Å². The molecule has 1 aliphatic rings. The van der Waals surface area contributed by atoms with Crippen molar-refractivity contribution in [1.29, 1.82) is 0 Å². The number of carbonyl (C=O) groups excluding carboxylic acids is 1. The fourth-order valence-electron chi connectivity index (χ4n) is 3.51. The first kappa shape index (κ1) is 19.8. The van der Waals surface area contributed by atoms with Crippen LogP contribution in [-0.2, 0) is 4.79 Å². The SMILES string of the molecule is COc1cc(OC)cc(N2CC(c3noc(-c4cccc(N(C)C)c4)n3)CC2=O)c1. The molecular weight excluding hydrogens is 384 g/mol. The summed E-state index contributed by atoms with van der Waals surface area (Å²) in [6, 6.07) is 13.3. The van der Waals surface area contributed by atoms with Crippen LogP contribution >= 0.6 is 0 Å². The Bertz CT molecular complexity index is 1040. The highest BCUT2D eigenvalue weighted by atomic mass is 16.5. The molecule has 1 saturated heterocycles. The summed E-state index contributed by atoms with van der Waals surface area (Å²) in [5.74, 6) is 2.08. The van der Waals surface area contributed by atoms with Crippen molar-refractivity contribution in [3.8, 4) is 23.0 Å². The van der Waals surface area contributed by atoms with Crippen molar-refractivity contribution in [2.45, 2.75) is 12.3 Å². The van der Waals surface area contributed by atoms with Crippen molar-refractivity contribution in [1.82, 2.24) is 10.1 Å². The molecule has 0 radical (unpaired) electrons. The molecule has 8 nitrogen and oxygen atoms in total. The Balaban J connectivity index is 1.56. The van der Waals surface area contributed by atoms with Gasteiger partial charge in [-0.05, 0) is 18.2 Å². The Morgan fingerprint density at radius 3 is 2.50 bits per heavy atom. The zero-order chi connectivity index (χ0) is 21.3. The molecule has 1 aromatic heterocycles. The van der Waals surface area contributed by atoms with Crippen LogP contribution in [0.2, 0.25) is 0 Å². The zero-order valence-electron chi connectivity index (χ0n) is 17.5. The van der Waals surface area contributed by atoms with Crippen molar-refractivity contribution >= 4 is 17.3 Å². The van der Waals surface area contributed by atoms with Crippen molar-refractivity contribution in [3.63, 3.8) is 0 Å². The number of aromatic nitrogens is 2. The third-order valence-electron chi connectivity index (χ3n) is 5.19. The van der Waals surface area contributed by atoms with Crippen molar-refractivity contribution in [3.05, 3.63) is 48.3 Å². The molecule has 0 aliphatic carbocycles. The summed E-state index contributed by atoms with van der Waals surface area (Å²) in [6.45, 7) is 0.464. The molecule has 0 saturated carbocycles. The lowest BCUT2D eigenvalue weighted by molar-refractivity contribution is -0.117. The molecule has 1 atom stereocenters. The molecule has 0 N–H and O–H groups in total. The Morgan fingerprint density at radius 2 is 1.83 bits per heavy atom. The van der Waals surface area contributed by atoms with Crippen molar-refractivity contribution < 1.29 is 18.8 Å². The van der Waals surface area contributed by atoms with E-state index >= 15 is 0 Å². The zero-order valence-corrected chi connectivity index (χ0v) is 17.5. The standard InChI is InChI=1S/C22H24N4O4/c1-25(2)16-7-5-6-14(8-16)22-23-21(24-30-22)15-9-20(27)26(13-15)17-10-18(28-3)12-19(11-17)29-4/h5-8,10-12,15H,9,13H2,1-4H3. The van der Waals surface area contributed by atoms with Crippen LogP contribution in [0.3, 0.4) is 0 Å². The van der Waals surface area contributed by atoms with E-state index in [-0.39, 0.29) is 11.8 Å². The minimum absolute atomic E-state index is 0.00346. The van der Waals surface area contributed by atoms with Gasteiger partial charge in [0.05, 0.1) is 19.9 Å². The first-order valence-corrected chi connectivity index (χ1v) is 9.63. The summed E-state index contributed by atoms with van der Waals surface area (Å²) < 4.78 is 16.1. The average molecular weight is 408 g/mol. The number of ether oxygens (including phenoxy) is 2. The number of hydrogen-bond donors (Lipinski definition) is 0.